The van der Waals surface area contributed by atoms with E-state index in [1.54, 1.807) is 0 Å². The fourth-order valence-electron chi connectivity index (χ4n) is 5.12. The topological polar surface area (TPSA) is 365 Å². The number of carbonyl (C=O) groups excluding carboxylic acids is 7. The Morgan fingerprint density at radius 3 is 2.09 bits per heavy atom. The average molecular weight is 850 g/mol. The number of nitrogens with two attached hydrogens (primary N) is 2. The zero-order valence-corrected chi connectivity index (χ0v) is 33.0. The highest BCUT2D eigenvalue weighted by molar-refractivity contribution is 7.81. The fraction of sp³-hybridized carbons (Fsp3) is 0.613. The zero-order valence-electron chi connectivity index (χ0n) is 30.6. The van der Waals surface area contributed by atoms with Gasteiger partial charge in [0.05, 0.1) is 37.3 Å². The van der Waals surface area contributed by atoms with Crippen LogP contribution >= 0.6 is 24.4 Å². The van der Waals surface area contributed by atoms with Crippen LogP contribution in [0.15, 0.2) is 9.98 Å². The molecule has 2 rings (SSSR count). The molecule has 0 aromatic heterocycles. The Labute approximate surface area is 333 Å². The van der Waals surface area contributed by atoms with Gasteiger partial charge in [-0.05, 0) is 27.2 Å². The summed E-state index contributed by atoms with van der Waals surface area (Å²) in [7, 11) is -5.38. The lowest BCUT2D eigenvalue weighted by Gasteiger charge is -2.25. The summed E-state index contributed by atoms with van der Waals surface area (Å²) in [5.41, 5.74) is 10.6. The first kappa shape index (κ1) is 47.5. The summed E-state index contributed by atoms with van der Waals surface area (Å²) in [5.74, 6) is -10.8. The standard InChI is InChI=1S/C31H44N8O14S3.H2/c1-12(29(46)47)8-19(42)13(2)36-28(55)23-30(48)52-26(38-23)17(15(4)53-56(49,50)51)10-21(44)16(11-40)9-20(43)14(3)35-27(54)22-25(45)39-24(37-22)18(41)6-5-7-34-31(32)33;/h12-17,22-23,40H,5-11H2,1-4H3,(H,35,54)(H,36,55)(H,46,47)(H4,32,33,34)(H,37,39,45)(H,49,50,51);1H/p-1. The van der Waals surface area contributed by atoms with Crippen LogP contribution in [-0.2, 0) is 52.9 Å². The van der Waals surface area contributed by atoms with Gasteiger partial charge in [0.25, 0.3) is 5.91 Å². The van der Waals surface area contributed by atoms with Crippen molar-refractivity contribution in [3.63, 3.8) is 0 Å². The molecule has 0 aliphatic carbocycles. The second kappa shape index (κ2) is 21.0. The SMILES string of the molecule is CC(CC(=O)C(C)NC(=S)C1N=C(C(CC(=O)C(CO)CC(=O)C(C)NC(=S)C2N=C(C(=O)CCC[NH+]=C(N)N)NC2=O)C(C)OS(=O)(=O)[O-])OC1=O)C(=O)[O-].[HH]. The molecular weight excluding hydrogens is 805 g/mol. The van der Waals surface area contributed by atoms with Crippen molar-refractivity contribution in [2.24, 2.45) is 39.2 Å². The van der Waals surface area contributed by atoms with Crippen LogP contribution in [-0.4, -0.2) is 130 Å². The van der Waals surface area contributed by atoms with Gasteiger partial charge in [0, 0.05) is 44.9 Å². The molecule has 0 saturated heterocycles. The van der Waals surface area contributed by atoms with Gasteiger partial charge in [-0.25, -0.2) is 23.2 Å². The number of ether oxygens (including phenoxy) is 1. The Hall–Kier alpha value is -4.69. The molecule has 312 valence electrons. The van der Waals surface area contributed by atoms with Crippen molar-refractivity contribution in [3.8, 4) is 0 Å². The van der Waals surface area contributed by atoms with Crippen molar-refractivity contribution in [1.29, 1.82) is 0 Å². The van der Waals surface area contributed by atoms with Crippen molar-refractivity contribution in [3.05, 3.63) is 0 Å². The number of rotatable bonds is 24. The van der Waals surface area contributed by atoms with Crippen LogP contribution in [0.2, 0.25) is 0 Å². The summed E-state index contributed by atoms with van der Waals surface area (Å²) >= 11 is 10.4. The summed E-state index contributed by atoms with van der Waals surface area (Å²) in [4.78, 5) is 97.9. The maximum absolute atomic E-state index is 13.4. The third kappa shape index (κ3) is 14.4. The maximum atomic E-state index is 13.4. The first-order chi connectivity index (χ1) is 25.9. The fourth-order valence-corrected chi connectivity index (χ4v) is 6.29. The van der Waals surface area contributed by atoms with E-state index < -0.39 is 131 Å². The van der Waals surface area contributed by atoms with Crippen LogP contribution in [0.4, 0.5) is 0 Å². The lowest BCUT2D eigenvalue weighted by atomic mass is 9.88. The Kier molecular flexibility index (Phi) is 17.8. The summed E-state index contributed by atoms with van der Waals surface area (Å²) in [6.07, 6.45) is -3.16. The number of aliphatic hydroxyl groups is 1. The van der Waals surface area contributed by atoms with Gasteiger partial charge in [0.2, 0.25) is 22.3 Å². The van der Waals surface area contributed by atoms with Gasteiger partial charge in [-0.3, -0.25) is 44.6 Å². The number of ketones is 4. The molecular formula is C31H45N8O14S3-. The number of guanidine groups is 1. The van der Waals surface area contributed by atoms with Gasteiger partial charge in [-0.2, -0.15) is 0 Å². The highest BCUT2D eigenvalue weighted by atomic mass is 32.3. The number of thiocarbonyl (C=S) groups is 2. The Balaban J connectivity index is 0.0000162. The number of carboxylic acids is 1. The molecule has 0 aromatic rings. The second-order valence-electron chi connectivity index (χ2n) is 13.0. The van der Waals surface area contributed by atoms with Gasteiger partial charge >= 0.3 is 11.9 Å². The van der Waals surface area contributed by atoms with E-state index >= 15 is 0 Å². The highest BCUT2D eigenvalue weighted by Crippen LogP contribution is 2.25. The molecule has 0 saturated carbocycles. The van der Waals surface area contributed by atoms with E-state index in [0.717, 1.165) is 6.92 Å². The Morgan fingerprint density at radius 2 is 1.55 bits per heavy atom. The van der Waals surface area contributed by atoms with Crippen molar-refractivity contribution in [2.75, 3.05) is 13.2 Å². The van der Waals surface area contributed by atoms with Gasteiger partial charge < -0.3 is 40.2 Å². The number of amidine groups is 1. The molecule has 9 N–H and O–H groups in total. The number of aliphatic hydroxyl groups excluding tert-OH is 1. The average Bonchev–Trinajstić information content (AvgIpc) is 3.68. The minimum absolute atomic E-state index is 0. The van der Waals surface area contributed by atoms with E-state index in [1.807, 2.05) is 0 Å². The number of aliphatic imine (C=N–C) groups is 2. The Morgan fingerprint density at radius 1 is 0.982 bits per heavy atom. The normalized spacial score (nSPS) is 19.8. The maximum Gasteiger partial charge on any atom is 0.344 e. The molecule has 1 amide bonds. The summed E-state index contributed by atoms with van der Waals surface area (Å²) in [5, 5.41) is 28.6. The zero-order chi connectivity index (χ0) is 42.7. The predicted molar refractivity (Wildman–Crippen MR) is 200 cm³/mol. The number of nitrogens with zero attached hydrogens (tertiary/aromatic N) is 2. The first-order valence-corrected chi connectivity index (χ1v) is 19.1. The summed E-state index contributed by atoms with van der Waals surface area (Å²) in [6, 6.07) is -5.18. The number of amides is 1. The van der Waals surface area contributed by atoms with E-state index in [9.17, 15) is 56.7 Å². The van der Waals surface area contributed by atoms with Crippen molar-refractivity contribution in [1.82, 2.24) is 16.0 Å². The Bertz CT molecular complexity index is 1820. The number of esters is 1. The molecule has 8 atom stereocenters. The molecule has 8 unspecified atom stereocenters. The van der Waals surface area contributed by atoms with Gasteiger partial charge in [-0.1, -0.05) is 31.4 Å². The molecule has 0 bridgehead atoms. The number of Topliss-reactive ketones (excluding diaryl/α,β-unsaturated/α-hetero) is 4. The highest BCUT2D eigenvalue weighted by Gasteiger charge is 2.41. The van der Waals surface area contributed by atoms with Crippen LogP contribution in [0.3, 0.4) is 0 Å². The summed E-state index contributed by atoms with van der Waals surface area (Å²) < 4.78 is 44.0. The molecule has 0 spiro atoms. The lowest BCUT2D eigenvalue weighted by molar-refractivity contribution is -0.459. The van der Waals surface area contributed by atoms with Crippen LogP contribution in [0.25, 0.3) is 0 Å². The number of hydrogen-bond donors (Lipinski definition) is 7. The number of cyclic esters (lactones) is 1. The number of carboxylic acid groups (broad SMARTS) is 1. The smallest absolute Gasteiger partial charge is 0.344 e. The van der Waals surface area contributed by atoms with Crippen LogP contribution < -0.4 is 37.5 Å². The second-order valence-corrected chi connectivity index (χ2v) is 14.8. The largest absolute Gasteiger partial charge is 0.726 e. The predicted octanol–water partition coefficient (Wildman–Crippen LogP) is -5.88. The number of carbonyl (C=O) groups is 7. The quantitative estimate of drug-likeness (QED) is 0.00904. The minimum atomic E-state index is -5.38. The number of hydrogen-bond acceptors (Lipinski definition) is 18. The van der Waals surface area contributed by atoms with E-state index in [1.165, 1.54) is 20.8 Å². The molecule has 56 heavy (non-hydrogen) atoms. The number of aliphatic carboxylic acids is 1. The van der Waals surface area contributed by atoms with Crippen molar-refractivity contribution < 1.29 is 72.1 Å². The molecule has 0 aromatic carbocycles. The van der Waals surface area contributed by atoms with E-state index in [4.69, 9.17) is 40.6 Å². The third-order valence-corrected chi connectivity index (χ3v) is 9.62. The van der Waals surface area contributed by atoms with Crippen LogP contribution in [0.5, 0.6) is 0 Å². The van der Waals surface area contributed by atoms with E-state index in [2.05, 4.69) is 35.1 Å². The van der Waals surface area contributed by atoms with Gasteiger partial charge in [-0.15, -0.1) is 0 Å². The lowest BCUT2D eigenvalue weighted by Crippen LogP contribution is -2.78. The van der Waals surface area contributed by atoms with Gasteiger partial charge in [0.1, 0.15) is 15.8 Å². The molecule has 2 aliphatic heterocycles. The monoisotopic (exact) mass is 849 g/mol. The molecule has 2 heterocycles. The van der Waals surface area contributed by atoms with Gasteiger partial charge in [0.15, 0.2) is 29.2 Å². The van der Waals surface area contributed by atoms with Crippen LogP contribution in [0, 0.1) is 17.8 Å². The molecule has 0 fully saturated rings. The van der Waals surface area contributed by atoms with Crippen molar-refractivity contribution >= 4 is 103 Å². The minimum Gasteiger partial charge on any atom is -0.726 e. The van der Waals surface area contributed by atoms with Crippen molar-refractivity contribution in [2.45, 2.75) is 90.1 Å². The molecule has 0 radical (unpaired) electrons. The molecule has 2 aliphatic rings. The third-order valence-electron chi connectivity index (χ3n) is 8.39. The summed E-state index contributed by atoms with van der Waals surface area (Å²) in [6.45, 7) is 4.43. The molecule has 22 nitrogen and oxygen atoms in total. The molecule has 25 heteroatoms. The van der Waals surface area contributed by atoms with E-state index in [0.29, 0.717) is 13.0 Å². The first-order valence-electron chi connectivity index (χ1n) is 16.9. The van der Waals surface area contributed by atoms with E-state index in [-0.39, 0.29) is 29.6 Å². The van der Waals surface area contributed by atoms with Crippen LogP contribution in [0.1, 0.15) is 61.2 Å². The number of nitrogens with one attached hydrogen (secondary N) is 4.